The summed E-state index contributed by atoms with van der Waals surface area (Å²) in [4.78, 5) is 8.40. The van der Waals surface area contributed by atoms with Crippen LogP contribution in [0.25, 0.3) is 0 Å². The van der Waals surface area contributed by atoms with Gasteiger partial charge in [-0.3, -0.25) is 5.32 Å². The molecule has 6 N–H and O–H groups in total. The lowest BCUT2D eigenvalue weighted by atomic mass is 9.94. The molecule has 3 rings (SSSR count). The van der Waals surface area contributed by atoms with Crippen LogP contribution in [0.2, 0.25) is 5.02 Å². The summed E-state index contributed by atoms with van der Waals surface area (Å²) in [5.74, 6) is -0.523. The van der Waals surface area contributed by atoms with Crippen molar-refractivity contribution in [2.24, 2.45) is 4.99 Å². The van der Waals surface area contributed by atoms with Gasteiger partial charge in [0.1, 0.15) is 40.1 Å². The van der Waals surface area contributed by atoms with Crippen molar-refractivity contribution in [2.75, 3.05) is 23.4 Å². The van der Waals surface area contributed by atoms with Gasteiger partial charge in [-0.15, -0.1) is 0 Å². The SMILES string of the molecule is CCOc1ccc(C2N=C(NC#N)Nc3nc(N)c(C#N)c(N)c32)c(F)c1Cl. The number of ether oxygens (including phenoxy) is 1. The van der Waals surface area contributed by atoms with Gasteiger partial charge in [-0.05, 0) is 19.1 Å². The Hall–Kier alpha value is -3.76. The zero-order valence-electron chi connectivity index (χ0n) is 14.5. The molecule has 0 saturated heterocycles. The van der Waals surface area contributed by atoms with E-state index in [4.69, 9.17) is 33.1 Å². The molecule has 28 heavy (non-hydrogen) atoms. The number of rotatable bonds is 3. The first-order chi connectivity index (χ1) is 13.4. The molecule has 1 atom stereocenters. The predicted molar refractivity (Wildman–Crippen MR) is 102 cm³/mol. The number of fused-ring (bicyclic) bond motifs is 1. The Balaban J connectivity index is 2.25. The van der Waals surface area contributed by atoms with Gasteiger partial charge in [-0.25, -0.2) is 14.4 Å². The average Bonchev–Trinajstić information content (AvgIpc) is 2.65. The number of anilines is 3. The lowest BCUT2D eigenvalue weighted by Crippen LogP contribution is -2.33. The van der Waals surface area contributed by atoms with E-state index in [1.807, 2.05) is 6.07 Å². The zero-order chi connectivity index (χ0) is 20.4. The summed E-state index contributed by atoms with van der Waals surface area (Å²) in [7, 11) is 0. The van der Waals surface area contributed by atoms with E-state index in [2.05, 4.69) is 20.6 Å². The average molecular weight is 401 g/mol. The highest BCUT2D eigenvalue weighted by molar-refractivity contribution is 6.32. The maximum atomic E-state index is 15.0. The normalized spacial score (nSPS) is 14.8. The third-order valence-electron chi connectivity index (χ3n) is 4.03. The number of aliphatic imine (C=N–C) groups is 1. The number of nitriles is 2. The third kappa shape index (κ3) is 3.06. The number of halogens is 2. The van der Waals surface area contributed by atoms with Crippen LogP contribution in [-0.2, 0) is 0 Å². The molecule has 0 radical (unpaired) electrons. The maximum Gasteiger partial charge on any atom is 0.211 e. The highest BCUT2D eigenvalue weighted by Crippen LogP contribution is 2.43. The molecule has 0 fully saturated rings. The van der Waals surface area contributed by atoms with Crippen LogP contribution < -0.4 is 26.8 Å². The van der Waals surface area contributed by atoms with Gasteiger partial charge in [-0.2, -0.15) is 10.5 Å². The fourth-order valence-corrected chi connectivity index (χ4v) is 3.06. The number of nitrogens with two attached hydrogens (primary N) is 2. The first kappa shape index (κ1) is 19.0. The number of aromatic nitrogens is 1. The quantitative estimate of drug-likeness (QED) is 0.451. The van der Waals surface area contributed by atoms with Crippen molar-refractivity contribution >= 4 is 34.9 Å². The van der Waals surface area contributed by atoms with Gasteiger partial charge >= 0.3 is 0 Å². The van der Waals surface area contributed by atoms with E-state index < -0.39 is 11.9 Å². The van der Waals surface area contributed by atoms with Crippen LogP contribution in [0.1, 0.15) is 29.7 Å². The second-order valence-corrected chi connectivity index (χ2v) is 5.99. The summed E-state index contributed by atoms with van der Waals surface area (Å²) in [6.07, 6.45) is 1.72. The summed E-state index contributed by atoms with van der Waals surface area (Å²) < 4.78 is 20.3. The molecule has 2 aromatic rings. The molecule has 0 spiro atoms. The Morgan fingerprint density at radius 1 is 1.39 bits per heavy atom. The smallest absolute Gasteiger partial charge is 0.211 e. The lowest BCUT2D eigenvalue weighted by molar-refractivity contribution is 0.338. The standard InChI is InChI=1S/C17H14ClFN8O/c1-2-28-9-4-3-7(12(19)11(9)18)14-10-13(22)8(5-20)15(23)26-16(10)27-17(25-14)24-6-21/h3-4,14H,2H2,1H3,(H6,22,23,24,25,26,27). The van der Waals surface area contributed by atoms with Gasteiger partial charge in [0, 0.05) is 11.1 Å². The van der Waals surface area contributed by atoms with E-state index in [1.165, 1.54) is 12.1 Å². The summed E-state index contributed by atoms with van der Waals surface area (Å²) >= 11 is 6.09. The second-order valence-electron chi connectivity index (χ2n) is 5.62. The molecule has 0 saturated carbocycles. The highest BCUT2D eigenvalue weighted by Gasteiger charge is 2.32. The Labute approximate surface area is 164 Å². The fraction of sp³-hybridized carbons (Fsp3) is 0.176. The van der Waals surface area contributed by atoms with Crippen LogP contribution in [0.15, 0.2) is 17.1 Å². The largest absolute Gasteiger partial charge is 0.492 e. The maximum absolute atomic E-state index is 15.0. The minimum Gasteiger partial charge on any atom is -0.492 e. The summed E-state index contributed by atoms with van der Waals surface area (Å²) in [5, 5.41) is 23.1. The van der Waals surface area contributed by atoms with Gasteiger partial charge in [-0.1, -0.05) is 11.6 Å². The van der Waals surface area contributed by atoms with Gasteiger partial charge in [0.15, 0.2) is 12.0 Å². The Kier molecular flexibility index (Phi) is 5.07. The summed E-state index contributed by atoms with van der Waals surface area (Å²) in [5.41, 5.74) is 12.2. The van der Waals surface area contributed by atoms with Crippen molar-refractivity contribution in [3.63, 3.8) is 0 Å². The number of pyridine rings is 1. The molecule has 0 amide bonds. The molecule has 0 aliphatic carbocycles. The molecule has 11 heteroatoms. The topological polar surface area (TPSA) is 158 Å². The van der Waals surface area contributed by atoms with Crippen LogP contribution in [0.5, 0.6) is 5.75 Å². The van der Waals surface area contributed by atoms with E-state index in [1.54, 1.807) is 13.1 Å². The molecule has 1 aliphatic rings. The number of nitrogens with one attached hydrogen (secondary N) is 2. The number of nitrogens with zero attached hydrogens (tertiary/aromatic N) is 4. The number of nitrogen functional groups attached to an aromatic ring is 2. The van der Waals surface area contributed by atoms with E-state index in [-0.39, 0.29) is 50.7 Å². The Morgan fingerprint density at radius 3 is 2.79 bits per heavy atom. The molecule has 1 aliphatic heterocycles. The molecule has 1 aromatic carbocycles. The minimum absolute atomic E-state index is 0.00617. The molecule has 1 unspecified atom stereocenters. The predicted octanol–water partition coefficient (Wildman–Crippen LogP) is 2.25. The van der Waals surface area contributed by atoms with Gasteiger partial charge in [0.05, 0.1) is 12.3 Å². The zero-order valence-corrected chi connectivity index (χ0v) is 15.3. The van der Waals surface area contributed by atoms with Gasteiger partial charge in [0.2, 0.25) is 5.96 Å². The van der Waals surface area contributed by atoms with Crippen molar-refractivity contribution in [3.05, 3.63) is 39.7 Å². The Bertz CT molecular complexity index is 1070. The number of hydrogen-bond donors (Lipinski definition) is 4. The van der Waals surface area contributed by atoms with E-state index in [0.29, 0.717) is 6.61 Å². The van der Waals surface area contributed by atoms with Crippen LogP contribution in [-0.4, -0.2) is 17.6 Å². The highest BCUT2D eigenvalue weighted by atomic mass is 35.5. The van der Waals surface area contributed by atoms with Crippen LogP contribution in [0.4, 0.5) is 21.7 Å². The van der Waals surface area contributed by atoms with Crippen LogP contribution >= 0.6 is 11.6 Å². The molecule has 0 bridgehead atoms. The summed E-state index contributed by atoms with van der Waals surface area (Å²) in [6.45, 7) is 2.06. The van der Waals surface area contributed by atoms with Crippen LogP contribution in [0, 0.1) is 28.6 Å². The molecule has 1 aromatic heterocycles. The van der Waals surface area contributed by atoms with Crippen molar-refractivity contribution < 1.29 is 9.13 Å². The molecule has 142 valence electrons. The van der Waals surface area contributed by atoms with Crippen molar-refractivity contribution in [1.82, 2.24) is 10.3 Å². The lowest BCUT2D eigenvalue weighted by Gasteiger charge is -2.26. The molecular formula is C17H14ClFN8O. The second kappa shape index (κ2) is 7.47. The van der Waals surface area contributed by atoms with E-state index >= 15 is 4.39 Å². The van der Waals surface area contributed by atoms with Crippen molar-refractivity contribution in [2.45, 2.75) is 13.0 Å². The van der Waals surface area contributed by atoms with Crippen LogP contribution in [0.3, 0.4) is 0 Å². The summed E-state index contributed by atoms with van der Waals surface area (Å²) in [6, 6.07) is 3.80. The van der Waals surface area contributed by atoms with E-state index in [9.17, 15) is 5.26 Å². The van der Waals surface area contributed by atoms with Crippen molar-refractivity contribution in [3.8, 4) is 18.0 Å². The fourth-order valence-electron chi connectivity index (χ4n) is 2.83. The minimum atomic E-state index is -1.03. The first-order valence-corrected chi connectivity index (χ1v) is 8.40. The number of hydrogen-bond acceptors (Lipinski definition) is 9. The molecular weight excluding hydrogens is 387 g/mol. The van der Waals surface area contributed by atoms with Gasteiger partial charge in [0.25, 0.3) is 0 Å². The first-order valence-electron chi connectivity index (χ1n) is 8.02. The van der Waals surface area contributed by atoms with E-state index in [0.717, 1.165) is 0 Å². The van der Waals surface area contributed by atoms with Crippen molar-refractivity contribution in [1.29, 1.82) is 10.5 Å². The third-order valence-corrected chi connectivity index (χ3v) is 4.38. The number of benzene rings is 1. The Morgan fingerprint density at radius 2 is 2.14 bits per heavy atom. The molecule has 2 heterocycles. The number of guanidine groups is 1. The van der Waals surface area contributed by atoms with Gasteiger partial charge < -0.3 is 21.5 Å². The monoisotopic (exact) mass is 400 g/mol. The molecule has 9 nitrogen and oxygen atoms in total.